The summed E-state index contributed by atoms with van der Waals surface area (Å²) in [5.41, 5.74) is 3.97. The van der Waals surface area contributed by atoms with E-state index in [2.05, 4.69) is 10.3 Å². The molecule has 0 bridgehead atoms. The zero-order valence-corrected chi connectivity index (χ0v) is 20.7. The molecule has 2 amide bonds. The van der Waals surface area contributed by atoms with Crippen molar-refractivity contribution in [3.63, 3.8) is 0 Å². The van der Waals surface area contributed by atoms with Crippen molar-refractivity contribution < 1.29 is 14.3 Å². The lowest BCUT2D eigenvalue weighted by Crippen LogP contribution is -2.30. The Labute approximate surface area is 209 Å². The standard InChI is InChI=1S/C27H27ClN4O3/c1-4-31(5-2)27(34)21-13-12-19(15-23(21)28)30-26(33)22-10-6-7-11-24(22)35-17-20-16-32-14-8-9-18(3)25(32)29-20/h6-16H,4-5,17H2,1-3H3,(H,30,33). The molecule has 2 heterocycles. The van der Waals surface area contributed by atoms with Gasteiger partial charge in [-0.25, -0.2) is 4.98 Å². The fraction of sp³-hybridized carbons (Fsp3) is 0.222. The molecule has 0 aliphatic carbocycles. The van der Waals surface area contributed by atoms with Gasteiger partial charge in [0.05, 0.1) is 21.8 Å². The van der Waals surface area contributed by atoms with Crippen molar-refractivity contribution >= 4 is 34.7 Å². The van der Waals surface area contributed by atoms with Crippen molar-refractivity contribution in [1.82, 2.24) is 14.3 Å². The van der Waals surface area contributed by atoms with E-state index in [-0.39, 0.29) is 23.4 Å². The Morgan fingerprint density at radius 1 is 1.06 bits per heavy atom. The summed E-state index contributed by atoms with van der Waals surface area (Å²) in [4.78, 5) is 32.0. The van der Waals surface area contributed by atoms with Gasteiger partial charge in [-0.1, -0.05) is 29.8 Å². The van der Waals surface area contributed by atoms with Crippen LogP contribution >= 0.6 is 11.6 Å². The van der Waals surface area contributed by atoms with Crippen molar-refractivity contribution in [2.24, 2.45) is 0 Å². The molecule has 0 spiro atoms. The Balaban J connectivity index is 1.48. The van der Waals surface area contributed by atoms with Crippen molar-refractivity contribution in [3.05, 3.63) is 94.4 Å². The molecular formula is C27H27ClN4O3. The number of fused-ring (bicyclic) bond motifs is 1. The molecule has 0 aliphatic rings. The molecule has 4 rings (SSSR count). The van der Waals surface area contributed by atoms with Gasteiger partial charge in [0.15, 0.2) is 0 Å². The number of amides is 2. The van der Waals surface area contributed by atoms with Gasteiger partial charge in [0.25, 0.3) is 11.8 Å². The Bertz CT molecular complexity index is 1380. The van der Waals surface area contributed by atoms with Crippen LogP contribution in [-0.4, -0.2) is 39.2 Å². The van der Waals surface area contributed by atoms with Gasteiger partial charge in [-0.3, -0.25) is 9.59 Å². The molecule has 0 aliphatic heterocycles. The van der Waals surface area contributed by atoms with Crippen LogP contribution in [0.15, 0.2) is 67.0 Å². The van der Waals surface area contributed by atoms with Crippen LogP contribution in [0.5, 0.6) is 5.75 Å². The van der Waals surface area contributed by atoms with E-state index in [1.807, 2.05) is 55.8 Å². The number of pyridine rings is 1. The number of carbonyl (C=O) groups excluding carboxylic acids is 2. The Hall–Kier alpha value is -3.84. The third-order valence-electron chi connectivity index (χ3n) is 5.74. The number of hydrogen-bond acceptors (Lipinski definition) is 4. The second-order valence-corrected chi connectivity index (χ2v) is 8.47. The number of carbonyl (C=O) groups is 2. The number of rotatable bonds is 8. The van der Waals surface area contributed by atoms with Crippen LogP contribution in [-0.2, 0) is 6.61 Å². The molecule has 35 heavy (non-hydrogen) atoms. The van der Waals surface area contributed by atoms with Crippen molar-refractivity contribution in [2.45, 2.75) is 27.4 Å². The number of para-hydroxylation sites is 1. The maximum Gasteiger partial charge on any atom is 0.259 e. The van der Waals surface area contributed by atoms with Gasteiger partial charge in [-0.05, 0) is 62.7 Å². The molecule has 0 fully saturated rings. The smallest absolute Gasteiger partial charge is 0.259 e. The highest BCUT2D eigenvalue weighted by Gasteiger charge is 2.18. The number of aromatic nitrogens is 2. The molecule has 2 aromatic heterocycles. The SMILES string of the molecule is CCN(CC)C(=O)c1ccc(NC(=O)c2ccccc2OCc2cn3cccc(C)c3n2)cc1Cl. The van der Waals surface area contributed by atoms with Gasteiger partial charge in [0, 0.05) is 31.2 Å². The quantitative estimate of drug-likeness (QED) is 0.348. The van der Waals surface area contributed by atoms with Gasteiger partial charge in [-0.15, -0.1) is 0 Å². The largest absolute Gasteiger partial charge is 0.486 e. The van der Waals surface area contributed by atoms with E-state index < -0.39 is 0 Å². The van der Waals surface area contributed by atoms with Crippen LogP contribution in [0.4, 0.5) is 5.69 Å². The van der Waals surface area contributed by atoms with Crippen molar-refractivity contribution in [2.75, 3.05) is 18.4 Å². The van der Waals surface area contributed by atoms with Gasteiger partial charge < -0.3 is 19.4 Å². The Kier molecular flexibility index (Phi) is 7.36. The highest BCUT2D eigenvalue weighted by molar-refractivity contribution is 6.34. The van der Waals surface area contributed by atoms with E-state index >= 15 is 0 Å². The molecule has 8 heteroatoms. The zero-order chi connectivity index (χ0) is 24.9. The molecule has 180 valence electrons. The first-order valence-corrected chi connectivity index (χ1v) is 11.8. The van der Waals surface area contributed by atoms with Gasteiger partial charge in [0.1, 0.15) is 18.0 Å². The second kappa shape index (κ2) is 10.6. The Morgan fingerprint density at radius 2 is 1.83 bits per heavy atom. The van der Waals surface area contributed by atoms with E-state index in [1.165, 1.54) is 0 Å². The minimum Gasteiger partial charge on any atom is -0.486 e. The van der Waals surface area contributed by atoms with Crippen molar-refractivity contribution in [3.8, 4) is 5.75 Å². The second-order valence-electron chi connectivity index (χ2n) is 8.07. The van der Waals surface area contributed by atoms with E-state index in [0.29, 0.717) is 35.7 Å². The molecule has 0 atom stereocenters. The first-order chi connectivity index (χ1) is 16.9. The first kappa shape index (κ1) is 24.3. The maximum absolute atomic E-state index is 13.0. The molecule has 0 unspecified atom stereocenters. The van der Waals surface area contributed by atoms with Gasteiger partial charge >= 0.3 is 0 Å². The van der Waals surface area contributed by atoms with Crippen LogP contribution in [0.25, 0.3) is 5.65 Å². The average molecular weight is 491 g/mol. The molecule has 0 saturated carbocycles. The zero-order valence-electron chi connectivity index (χ0n) is 19.9. The summed E-state index contributed by atoms with van der Waals surface area (Å²) in [6.07, 6.45) is 3.85. The highest BCUT2D eigenvalue weighted by Crippen LogP contribution is 2.25. The lowest BCUT2D eigenvalue weighted by atomic mass is 10.1. The highest BCUT2D eigenvalue weighted by atomic mass is 35.5. The number of anilines is 1. The molecule has 1 N–H and O–H groups in total. The average Bonchev–Trinajstić information content (AvgIpc) is 3.28. The molecule has 0 radical (unpaired) electrons. The maximum atomic E-state index is 13.0. The number of imidazole rings is 1. The van der Waals surface area contributed by atoms with E-state index in [1.54, 1.807) is 41.3 Å². The number of nitrogens with one attached hydrogen (secondary N) is 1. The fourth-order valence-corrected chi connectivity index (χ4v) is 4.11. The van der Waals surface area contributed by atoms with Crippen LogP contribution < -0.4 is 10.1 Å². The lowest BCUT2D eigenvalue weighted by Gasteiger charge is -2.19. The minimum absolute atomic E-state index is 0.140. The third-order valence-corrected chi connectivity index (χ3v) is 6.06. The minimum atomic E-state index is -0.342. The lowest BCUT2D eigenvalue weighted by molar-refractivity contribution is 0.0773. The summed E-state index contributed by atoms with van der Waals surface area (Å²) < 4.78 is 7.91. The number of aryl methyl sites for hydroxylation is 1. The molecule has 4 aromatic rings. The molecule has 0 saturated heterocycles. The number of ether oxygens (including phenoxy) is 1. The van der Waals surface area contributed by atoms with Crippen LogP contribution in [0.2, 0.25) is 5.02 Å². The summed E-state index contributed by atoms with van der Waals surface area (Å²) in [5, 5.41) is 3.13. The summed E-state index contributed by atoms with van der Waals surface area (Å²) in [7, 11) is 0. The van der Waals surface area contributed by atoms with Crippen LogP contribution in [0, 0.1) is 6.92 Å². The first-order valence-electron chi connectivity index (χ1n) is 11.5. The normalized spacial score (nSPS) is 10.9. The monoisotopic (exact) mass is 490 g/mol. The number of halogens is 1. The summed E-state index contributed by atoms with van der Waals surface area (Å²) in [5.74, 6) is -0.0395. The van der Waals surface area contributed by atoms with Crippen molar-refractivity contribution in [1.29, 1.82) is 0 Å². The molecular weight excluding hydrogens is 464 g/mol. The van der Waals surface area contributed by atoms with Gasteiger partial charge in [0.2, 0.25) is 0 Å². The van der Waals surface area contributed by atoms with Gasteiger partial charge in [-0.2, -0.15) is 0 Å². The van der Waals surface area contributed by atoms with E-state index in [4.69, 9.17) is 16.3 Å². The summed E-state index contributed by atoms with van der Waals surface area (Å²) in [6, 6.07) is 15.9. The molecule has 7 nitrogen and oxygen atoms in total. The molecule has 2 aromatic carbocycles. The van der Waals surface area contributed by atoms with E-state index in [9.17, 15) is 9.59 Å². The van der Waals surface area contributed by atoms with Crippen LogP contribution in [0.3, 0.4) is 0 Å². The predicted molar refractivity (Wildman–Crippen MR) is 137 cm³/mol. The number of nitrogens with zero attached hydrogens (tertiary/aromatic N) is 3. The number of benzene rings is 2. The Morgan fingerprint density at radius 3 is 2.54 bits per heavy atom. The topological polar surface area (TPSA) is 75.9 Å². The predicted octanol–water partition coefficient (Wildman–Crippen LogP) is 5.61. The number of hydrogen-bond donors (Lipinski definition) is 1. The third kappa shape index (κ3) is 5.30. The fourth-order valence-electron chi connectivity index (χ4n) is 3.85. The van der Waals surface area contributed by atoms with E-state index in [0.717, 1.165) is 16.9 Å². The summed E-state index contributed by atoms with van der Waals surface area (Å²) >= 11 is 6.37. The van der Waals surface area contributed by atoms with Crippen LogP contribution in [0.1, 0.15) is 45.8 Å². The summed E-state index contributed by atoms with van der Waals surface area (Å²) in [6.45, 7) is 7.24.